The number of rotatable bonds is 9. The molecular formula is C24H27F2N3O2. The molecule has 5 nitrogen and oxygen atoms in total. The van der Waals surface area contributed by atoms with Crippen molar-refractivity contribution in [3.8, 4) is 17.3 Å². The SMILES string of the molecule is CCc1nn(-c2ccccc2)c(Oc2ccc(F)cc2F)c1CCC(=O)N(CC)CC. The first-order valence-electron chi connectivity index (χ1n) is 10.5. The Morgan fingerprint density at radius 3 is 2.39 bits per heavy atom. The molecular weight excluding hydrogens is 400 g/mol. The van der Waals surface area contributed by atoms with Gasteiger partial charge in [0.2, 0.25) is 11.8 Å². The summed E-state index contributed by atoms with van der Waals surface area (Å²) in [6.45, 7) is 7.14. The van der Waals surface area contributed by atoms with Gasteiger partial charge in [0.25, 0.3) is 0 Å². The highest BCUT2D eigenvalue weighted by molar-refractivity contribution is 5.76. The molecule has 1 aromatic heterocycles. The van der Waals surface area contributed by atoms with Crippen LogP contribution in [-0.2, 0) is 17.6 Å². The number of hydrogen-bond donors (Lipinski definition) is 0. The third kappa shape index (κ3) is 5.10. The monoisotopic (exact) mass is 427 g/mol. The highest BCUT2D eigenvalue weighted by atomic mass is 19.1. The van der Waals surface area contributed by atoms with Crippen LogP contribution in [0.1, 0.15) is 38.4 Å². The van der Waals surface area contributed by atoms with Gasteiger partial charge in [-0.25, -0.2) is 13.5 Å². The van der Waals surface area contributed by atoms with Crippen LogP contribution in [0.2, 0.25) is 0 Å². The summed E-state index contributed by atoms with van der Waals surface area (Å²) in [5.74, 6) is -1.21. The second-order valence-electron chi connectivity index (χ2n) is 7.07. The first kappa shape index (κ1) is 22.5. The van der Waals surface area contributed by atoms with Crippen molar-refractivity contribution in [2.24, 2.45) is 0 Å². The summed E-state index contributed by atoms with van der Waals surface area (Å²) in [6.07, 6.45) is 1.32. The fraction of sp³-hybridized carbons (Fsp3) is 0.333. The van der Waals surface area contributed by atoms with Crippen LogP contribution in [0, 0.1) is 11.6 Å². The zero-order valence-corrected chi connectivity index (χ0v) is 18.1. The fourth-order valence-electron chi connectivity index (χ4n) is 3.49. The van der Waals surface area contributed by atoms with Crippen molar-refractivity contribution < 1.29 is 18.3 Å². The van der Waals surface area contributed by atoms with Crippen molar-refractivity contribution >= 4 is 5.91 Å². The van der Waals surface area contributed by atoms with Gasteiger partial charge in [-0.2, -0.15) is 5.10 Å². The molecule has 3 aromatic rings. The predicted molar refractivity (Wildman–Crippen MR) is 116 cm³/mol. The zero-order chi connectivity index (χ0) is 22.4. The van der Waals surface area contributed by atoms with Gasteiger partial charge in [-0.1, -0.05) is 25.1 Å². The van der Waals surface area contributed by atoms with E-state index >= 15 is 0 Å². The molecule has 0 N–H and O–H groups in total. The van der Waals surface area contributed by atoms with Crippen LogP contribution in [0.15, 0.2) is 48.5 Å². The largest absolute Gasteiger partial charge is 0.436 e. The molecule has 31 heavy (non-hydrogen) atoms. The molecule has 3 rings (SSSR count). The van der Waals surface area contributed by atoms with Gasteiger partial charge in [0.1, 0.15) is 5.82 Å². The number of hydrogen-bond acceptors (Lipinski definition) is 3. The molecule has 0 bridgehead atoms. The molecule has 0 saturated carbocycles. The molecule has 0 spiro atoms. The lowest BCUT2D eigenvalue weighted by molar-refractivity contribution is -0.130. The number of amides is 1. The van der Waals surface area contributed by atoms with E-state index < -0.39 is 11.6 Å². The number of nitrogens with zero attached hydrogens (tertiary/aromatic N) is 3. The summed E-state index contributed by atoms with van der Waals surface area (Å²) >= 11 is 0. The van der Waals surface area contributed by atoms with E-state index in [2.05, 4.69) is 5.10 Å². The van der Waals surface area contributed by atoms with E-state index in [-0.39, 0.29) is 18.1 Å². The number of halogens is 2. The first-order valence-corrected chi connectivity index (χ1v) is 10.5. The van der Waals surface area contributed by atoms with Crippen molar-refractivity contribution in [2.75, 3.05) is 13.1 Å². The third-order valence-electron chi connectivity index (χ3n) is 5.16. The summed E-state index contributed by atoms with van der Waals surface area (Å²) in [7, 11) is 0. The van der Waals surface area contributed by atoms with Gasteiger partial charge >= 0.3 is 0 Å². The van der Waals surface area contributed by atoms with Crippen molar-refractivity contribution in [2.45, 2.75) is 40.0 Å². The Bertz CT molecular complexity index is 1030. The topological polar surface area (TPSA) is 47.4 Å². The van der Waals surface area contributed by atoms with Gasteiger partial charge in [0, 0.05) is 31.1 Å². The van der Waals surface area contributed by atoms with E-state index in [1.165, 1.54) is 6.07 Å². The Morgan fingerprint density at radius 2 is 1.77 bits per heavy atom. The zero-order valence-electron chi connectivity index (χ0n) is 18.1. The molecule has 1 heterocycles. The summed E-state index contributed by atoms with van der Waals surface area (Å²) in [5, 5.41) is 4.68. The Morgan fingerprint density at radius 1 is 1.06 bits per heavy atom. The Kier molecular flexibility index (Phi) is 7.39. The second-order valence-corrected chi connectivity index (χ2v) is 7.07. The summed E-state index contributed by atoms with van der Waals surface area (Å²) < 4.78 is 35.3. The highest BCUT2D eigenvalue weighted by Crippen LogP contribution is 2.33. The quantitative estimate of drug-likeness (QED) is 0.465. The molecule has 2 aromatic carbocycles. The second kappa shape index (κ2) is 10.2. The number of aryl methyl sites for hydroxylation is 1. The summed E-state index contributed by atoms with van der Waals surface area (Å²) in [4.78, 5) is 14.3. The molecule has 0 aliphatic rings. The maximum atomic E-state index is 14.3. The molecule has 164 valence electrons. The molecule has 0 fully saturated rings. The van der Waals surface area contributed by atoms with Gasteiger partial charge in [-0.05, 0) is 51.0 Å². The summed E-state index contributed by atoms with van der Waals surface area (Å²) in [5.41, 5.74) is 2.26. The summed E-state index contributed by atoms with van der Waals surface area (Å²) in [6, 6.07) is 12.5. The average molecular weight is 427 g/mol. The van der Waals surface area contributed by atoms with Crippen molar-refractivity contribution in [3.63, 3.8) is 0 Å². The number of aromatic nitrogens is 2. The standard InChI is InChI=1S/C24H27F2N3O2/c1-4-21-19(13-15-23(30)28(5-2)6-3)24(29(27-21)18-10-8-7-9-11-18)31-22-14-12-17(25)16-20(22)26/h7-12,14,16H,4-6,13,15H2,1-3H3. The van der Waals surface area contributed by atoms with Crippen LogP contribution in [0.25, 0.3) is 5.69 Å². The van der Waals surface area contributed by atoms with Crippen LogP contribution in [0.3, 0.4) is 0 Å². The van der Waals surface area contributed by atoms with Crippen molar-refractivity contribution in [3.05, 3.63) is 71.4 Å². The number of carbonyl (C=O) groups excluding carboxylic acids is 1. The maximum absolute atomic E-state index is 14.3. The smallest absolute Gasteiger partial charge is 0.226 e. The lowest BCUT2D eigenvalue weighted by atomic mass is 10.1. The van der Waals surface area contributed by atoms with Crippen LogP contribution in [0.4, 0.5) is 8.78 Å². The van der Waals surface area contributed by atoms with Crippen LogP contribution < -0.4 is 4.74 Å². The minimum absolute atomic E-state index is 0.0402. The number of carbonyl (C=O) groups is 1. The Hall–Kier alpha value is -3.22. The van der Waals surface area contributed by atoms with Crippen molar-refractivity contribution in [1.29, 1.82) is 0 Å². The average Bonchev–Trinajstić information content (AvgIpc) is 3.13. The van der Waals surface area contributed by atoms with E-state index in [0.717, 1.165) is 29.1 Å². The lowest BCUT2D eigenvalue weighted by Gasteiger charge is -2.18. The number of ether oxygens (including phenoxy) is 1. The van der Waals surface area contributed by atoms with Crippen LogP contribution in [-0.4, -0.2) is 33.7 Å². The first-order chi connectivity index (χ1) is 15.0. The fourth-order valence-corrected chi connectivity index (χ4v) is 3.49. The van der Waals surface area contributed by atoms with Crippen LogP contribution >= 0.6 is 0 Å². The van der Waals surface area contributed by atoms with E-state index in [9.17, 15) is 13.6 Å². The van der Waals surface area contributed by atoms with Gasteiger partial charge in [-0.3, -0.25) is 4.79 Å². The number of para-hydroxylation sites is 1. The van der Waals surface area contributed by atoms with Gasteiger partial charge in [-0.15, -0.1) is 0 Å². The minimum Gasteiger partial charge on any atom is -0.436 e. The lowest BCUT2D eigenvalue weighted by Crippen LogP contribution is -2.30. The molecule has 0 aliphatic heterocycles. The molecule has 1 amide bonds. The van der Waals surface area contributed by atoms with E-state index in [0.29, 0.717) is 31.8 Å². The molecule has 0 unspecified atom stereocenters. The molecule has 0 aliphatic carbocycles. The highest BCUT2D eigenvalue weighted by Gasteiger charge is 2.23. The molecule has 0 saturated heterocycles. The van der Waals surface area contributed by atoms with E-state index in [1.807, 2.05) is 51.1 Å². The normalized spacial score (nSPS) is 10.9. The molecule has 0 radical (unpaired) electrons. The van der Waals surface area contributed by atoms with Crippen molar-refractivity contribution in [1.82, 2.24) is 14.7 Å². The number of benzene rings is 2. The molecule has 7 heteroatoms. The van der Waals surface area contributed by atoms with E-state index in [1.54, 1.807) is 9.58 Å². The van der Waals surface area contributed by atoms with Gasteiger partial charge < -0.3 is 9.64 Å². The van der Waals surface area contributed by atoms with Gasteiger partial charge in [0.05, 0.1) is 11.4 Å². The molecule has 0 atom stereocenters. The van der Waals surface area contributed by atoms with E-state index in [4.69, 9.17) is 4.74 Å². The third-order valence-corrected chi connectivity index (χ3v) is 5.16. The predicted octanol–water partition coefficient (Wildman–Crippen LogP) is 5.31. The maximum Gasteiger partial charge on any atom is 0.226 e. The van der Waals surface area contributed by atoms with Gasteiger partial charge in [0.15, 0.2) is 11.6 Å². The van der Waals surface area contributed by atoms with Crippen LogP contribution in [0.5, 0.6) is 11.6 Å². The minimum atomic E-state index is -0.802. The Labute approximate surface area is 181 Å². The Balaban J connectivity index is 2.03.